The van der Waals surface area contributed by atoms with Crippen LogP contribution in [0.25, 0.3) is 6.08 Å². The Hall–Kier alpha value is -2.96. The zero-order chi connectivity index (χ0) is 21.5. The van der Waals surface area contributed by atoms with Crippen LogP contribution in [0.5, 0.6) is 0 Å². The fraction of sp³-hybridized carbons (Fsp3) is 0.360. The van der Waals surface area contributed by atoms with Gasteiger partial charge >= 0.3 is 0 Å². The lowest BCUT2D eigenvalue weighted by atomic mass is 10.1. The van der Waals surface area contributed by atoms with Crippen LogP contribution in [0, 0.1) is 0 Å². The number of piperazine rings is 1. The summed E-state index contributed by atoms with van der Waals surface area (Å²) in [6, 6.07) is 17.9. The van der Waals surface area contributed by atoms with Crippen LogP contribution in [0.15, 0.2) is 60.7 Å². The highest BCUT2D eigenvalue weighted by Crippen LogP contribution is 2.21. The minimum atomic E-state index is -0.105. The van der Waals surface area contributed by atoms with E-state index in [1.807, 2.05) is 18.2 Å². The first-order chi connectivity index (χ1) is 15.2. The van der Waals surface area contributed by atoms with Crippen molar-refractivity contribution in [2.24, 2.45) is 0 Å². The van der Waals surface area contributed by atoms with E-state index in [0.717, 1.165) is 45.6 Å². The number of para-hydroxylation sites is 1. The lowest BCUT2D eigenvalue weighted by Crippen LogP contribution is -3.28. The summed E-state index contributed by atoms with van der Waals surface area (Å²) in [6.45, 7) is 5.52. The Bertz CT molecular complexity index is 916. The molecule has 1 saturated carbocycles. The summed E-state index contributed by atoms with van der Waals surface area (Å²) in [4.78, 5) is 27.9. The van der Waals surface area contributed by atoms with E-state index in [1.54, 1.807) is 17.0 Å². The van der Waals surface area contributed by atoms with Crippen LogP contribution in [0.4, 0.5) is 5.69 Å². The summed E-state index contributed by atoms with van der Waals surface area (Å²) in [5.74, 6) is -0.138. The molecule has 1 heterocycles. The third kappa shape index (κ3) is 6.51. The summed E-state index contributed by atoms with van der Waals surface area (Å²) in [6.07, 6.45) is 6.50. The molecule has 1 aliphatic carbocycles. The molecule has 6 nitrogen and oxygen atoms in total. The number of anilines is 1. The molecule has 0 aromatic heterocycles. The van der Waals surface area contributed by atoms with E-state index < -0.39 is 0 Å². The molecule has 2 aliphatic rings. The van der Waals surface area contributed by atoms with Crippen molar-refractivity contribution in [3.8, 4) is 0 Å². The standard InChI is InChI=1S/C25H30N4O2/c30-24(27-23-11-5-4-10-22(23)25(31)26-21-12-13-21)19-29-17-15-28(16-18-29)14-6-9-20-7-2-1-3-8-20/h1-11,21H,12-19H2,(H,26,31)(H,27,30)/p+2/b9-6+. The summed E-state index contributed by atoms with van der Waals surface area (Å²) >= 11 is 0. The molecule has 4 N–H and O–H groups in total. The molecule has 0 spiro atoms. The van der Waals surface area contributed by atoms with Crippen molar-refractivity contribution in [1.82, 2.24) is 5.32 Å². The van der Waals surface area contributed by atoms with Crippen molar-refractivity contribution in [2.75, 3.05) is 44.6 Å². The maximum Gasteiger partial charge on any atom is 0.279 e. The largest absolute Gasteiger partial charge is 0.349 e. The SMILES string of the molecule is O=C(C[NH+]1CC[NH+](C/C=C/c2ccccc2)CC1)Nc1ccccc1C(=O)NC1CC1. The van der Waals surface area contributed by atoms with E-state index >= 15 is 0 Å². The van der Waals surface area contributed by atoms with Gasteiger partial charge in [0.2, 0.25) is 0 Å². The molecule has 4 rings (SSSR count). The smallest absolute Gasteiger partial charge is 0.279 e. The average Bonchev–Trinajstić information content (AvgIpc) is 3.60. The zero-order valence-electron chi connectivity index (χ0n) is 17.9. The maximum atomic E-state index is 12.6. The lowest BCUT2D eigenvalue weighted by Gasteiger charge is -2.28. The monoisotopic (exact) mass is 420 g/mol. The first kappa shape index (κ1) is 21.3. The molecule has 2 fully saturated rings. The second kappa shape index (κ2) is 10.4. The molecule has 0 radical (unpaired) electrons. The van der Waals surface area contributed by atoms with Crippen molar-refractivity contribution < 1.29 is 19.4 Å². The number of amides is 2. The van der Waals surface area contributed by atoms with Crippen LogP contribution in [0.2, 0.25) is 0 Å². The minimum Gasteiger partial charge on any atom is -0.349 e. The Morgan fingerprint density at radius 1 is 0.903 bits per heavy atom. The quantitative estimate of drug-likeness (QED) is 0.486. The topological polar surface area (TPSA) is 67.1 Å². The van der Waals surface area contributed by atoms with Crippen LogP contribution in [0.1, 0.15) is 28.8 Å². The summed E-state index contributed by atoms with van der Waals surface area (Å²) < 4.78 is 0. The summed E-state index contributed by atoms with van der Waals surface area (Å²) in [5, 5.41) is 5.95. The first-order valence-electron chi connectivity index (χ1n) is 11.3. The van der Waals surface area contributed by atoms with E-state index in [1.165, 1.54) is 10.5 Å². The van der Waals surface area contributed by atoms with Gasteiger partial charge in [-0.15, -0.1) is 0 Å². The van der Waals surface area contributed by atoms with E-state index in [4.69, 9.17) is 0 Å². The minimum absolute atomic E-state index is 0.0332. The van der Waals surface area contributed by atoms with E-state index in [0.29, 0.717) is 23.8 Å². The number of carbonyl (C=O) groups excluding carboxylic acids is 2. The van der Waals surface area contributed by atoms with Gasteiger partial charge in [-0.2, -0.15) is 0 Å². The third-order valence-corrected chi connectivity index (χ3v) is 5.95. The van der Waals surface area contributed by atoms with Gasteiger partial charge in [0.25, 0.3) is 11.8 Å². The van der Waals surface area contributed by atoms with Crippen molar-refractivity contribution in [3.63, 3.8) is 0 Å². The Morgan fingerprint density at radius 3 is 2.32 bits per heavy atom. The average molecular weight is 421 g/mol. The van der Waals surface area contributed by atoms with Crippen LogP contribution in [-0.4, -0.2) is 57.1 Å². The van der Waals surface area contributed by atoms with Crippen molar-refractivity contribution in [1.29, 1.82) is 0 Å². The molecule has 0 unspecified atom stereocenters. The Labute approximate surface area is 183 Å². The number of benzene rings is 2. The Morgan fingerprint density at radius 2 is 1.58 bits per heavy atom. The second-order valence-electron chi connectivity index (χ2n) is 8.54. The van der Waals surface area contributed by atoms with Crippen molar-refractivity contribution >= 4 is 23.6 Å². The number of rotatable bonds is 8. The number of carbonyl (C=O) groups is 2. The maximum absolute atomic E-state index is 12.6. The molecule has 0 atom stereocenters. The van der Waals surface area contributed by atoms with Crippen LogP contribution in [0.3, 0.4) is 0 Å². The van der Waals surface area contributed by atoms with Crippen molar-refractivity contribution in [2.45, 2.75) is 18.9 Å². The van der Waals surface area contributed by atoms with Gasteiger partial charge in [-0.3, -0.25) is 9.59 Å². The van der Waals surface area contributed by atoms with E-state index in [9.17, 15) is 9.59 Å². The Kier molecular flexibility index (Phi) is 7.12. The van der Waals surface area contributed by atoms with Crippen LogP contribution in [-0.2, 0) is 4.79 Å². The van der Waals surface area contributed by atoms with Gasteiger partial charge in [-0.1, -0.05) is 48.5 Å². The predicted molar refractivity (Wildman–Crippen MR) is 122 cm³/mol. The second-order valence-corrected chi connectivity index (χ2v) is 8.54. The van der Waals surface area contributed by atoms with E-state index in [-0.39, 0.29) is 11.8 Å². The molecule has 31 heavy (non-hydrogen) atoms. The molecule has 162 valence electrons. The highest BCUT2D eigenvalue weighted by molar-refractivity contribution is 6.04. The van der Waals surface area contributed by atoms with Gasteiger partial charge in [0.15, 0.2) is 6.54 Å². The summed E-state index contributed by atoms with van der Waals surface area (Å²) in [7, 11) is 0. The lowest BCUT2D eigenvalue weighted by molar-refractivity contribution is -1.01. The fourth-order valence-electron chi connectivity index (χ4n) is 3.97. The van der Waals surface area contributed by atoms with E-state index in [2.05, 4.69) is 47.1 Å². The van der Waals surface area contributed by atoms with Gasteiger partial charge < -0.3 is 20.4 Å². The summed E-state index contributed by atoms with van der Waals surface area (Å²) in [5.41, 5.74) is 2.37. The fourth-order valence-corrected chi connectivity index (χ4v) is 3.97. The molecular formula is C25H32N4O2+2. The highest BCUT2D eigenvalue weighted by Gasteiger charge is 2.26. The molecule has 2 aromatic carbocycles. The molecule has 1 aliphatic heterocycles. The normalized spacial score (nSPS) is 21.0. The molecule has 1 saturated heterocycles. The molecular weight excluding hydrogens is 388 g/mol. The van der Waals surface area contributed by atoms with Gasteiger partial charge in [0.05, 0.1) is 17.8 Å². The molecule has 6 heteroatoms. The number of hydrogen-bond donors (Lipinski definition) is 4. The molecule has 2 aromatic rings. The highest BCUT2D eigenvalue weighted by atomic mass is 16.2. The zero-order valence-corrected chi connectivity index (χ0v) is 17.9. The first-order valence-corrected chi connectivity index (χ1v) is 11.3. The Balaban J connectivity index is 1.21. The predicted octanol–water partition coefficient (Wildman–Crippen LogP) is 0.0141. The number of quaternary nitrogens is 2. The van der Waals surface area contributed by atoms with Crippen LogP contribution < -0.4 is 20.4 Å². The number of nitrogens with one attached hydrogen (secondary N) is 4. The van der Waals surface area contributed by atoms with Gasteiger partial charge in [-0.05, 0) is 36.6 Å². The van der Waals surface area contributed by atoms with Gasteiger partial charge in [0, 0.05) is 6.04 Å². The molecule has 0 bridgehead atoms. The third-order valence-electron chi connectivity index (χ3n) is 5.95. The van der Waals surface area contributed by atoms with Gasteiger partial charge in [-0.25, -0.2) is 0 Å². The van der Waals surface area contributed by atoms with Gasteiger partial charge in [0.1, 0.15) is 26.2 Å². The number of hydrogen-bond acceptors (Lipinski definition) is 2. The van der Waals surface area contributed by atoms with Crippen LogP contribution >= 0.6 is 0 Å². The van der Waals surface area contributed by atoms with Crippen molar-refractivity contribution in [3.05, 3.63) is 71.8 Å². The molecule has 2 amide bonds.